The molecule has 0 saturated heterocycles. The van der Waals surface area contributed by atoms with E-state index in [1.165, 1.54) is 141 Å². The molecule has 0 unspecified atom stereocenters. The summed E-state index contributed by atoms with van der Waals surface area (Å²) in [5.41, 5.74) is 0. The summed E-state index contributed by atoms with van der Waals surface area (Å²) in [5, 5.41) is 9.98. The predicted molar refractivity (Wildman–Crippen MR) is 191 cm³/mol. The van der Waals surface area contributed by atoms with Crippen molar-refractivity contribution in [2.75, 3.05) is 13.2 Å². The molecule has 0 amide bonds. The van der Waals surface area contributed by atoms with E-state index in [1.54, 1.807) is 0 Å². The Morgan fingerprint density at radius 1 is 0.467 bits per heavy atom. The van der Waals surface area contributed by atoms with Crippen molar-refractivity contribution < 1.29 is 24.2 Å². The lowest BCUT2D eigenvalue weighted by molar-refractivity contribution is -0.160. The van der Waals surface area contributed by atoms with Gasteiger partial charge >= 0.3 is 11.9 Å². The zero-order chi connectivity index (χ0) is 32.9. The molecular weight excluding hydrogens is 560 g/mol. The number of hydrogen-bond donors (Lipinski definition) is 1. The SMILES string of the molecule is CCCCCCCC/C=C/CCCCCCCCOC(=O)C[C@H](O)C(=O)OCCCCCCCC/C=C/CCCCCCCC. The molecule has 45 heavy (non-hydrogen) atoms. The first-order chi connectivity index (χ1) is 22.1. The molecule has 1 atom stereocenters. The van der Waals surface area contributed by atoms with Crippen LogP contribution in [0, 0.1) is 0 Å². The van der Waals surface area contributed by atoms with Crippen LogP contribution in [0.5, 0.6) is 0 Å². The van der Waals surface area contributed by atoms with Gasteiger partial charge in [-0.1, -0.05) is 154 Å². The van der Waals surface area contributed by atoms with Gasteiger partial charge in [-0.2, -0.15) is 0 Å². The van der Waals surface area contributed by atoms with Gasteiger partial charge in [-0.3, -0.25) is 4.79 Å². The Kier molecular flexibility index (Phi) is 35.5. The van der Waals surface area contributed by atoms with Crippen molar-refractivity contribution in [1.29, 1.82) is 0 Å². The Hall–Kier alpha value is -1.62. The quantitative estimate of drug-likeness (QED) is 0.0426. The molecule has 5 nitrogen and oxygen atoms in total. The van der Waals surface area contributed by atoms with Gasteiger partial charge in [-0.05, 0) is 64.2 Å². The highest BCUT2D eigenvalue weighted by Gasteiger charge is 2.21. The van der Waals surface area contributed by atoms with Crippen LogP contribution >= 0.6 is 0 Å². The first-order valence-corrected chi connectivity index (χ1v) is 19.4. The molecule has 264 valence electrons. The fourth-order valence-corrected chi connectivity index (χ4v) is 5.45. The maximum absolute atomic E-state index is 12.0. The van der Waals surface area contributed by atoms with E-state index in [9.17, 15) is 14.7 Å². The van der Waals surface area contributed by atoms with Gasteiger partial charge in [0.1, 0.15) is 0 Å². The molecule has 0 saturated carbocycles. The van der Waals surface area contributed by atoms with Crippen molar-refractivity contribution in [3.63, 3.8) is 0 Å². The molecule has 0 aliphatic heterocycles. The van der Waals surface area contributed by atoms with E-state index >= 15 is 0 Å². The molecule has 0 heterocycles. The highest BCUT2D eigenvalue weighted by atomic mass is 16.6. The van der Waals surface area contributed by atoms with E-state index < -0.39 is 18.0 Å². The third-order valence-electron chi connectivity index (χ3n) is 8.45. The molecule has 0 rings (SSSR count). The first-order valence-electron chi connectivity index (χ1n) is 19.4. The summed E-state index contributed by atoms with van der Waals surface area (Å²) in [6.45, 7) is 5.16. The lowest BCUT2D eigenvalue weighted by Crippen LogP contribution is -2.27. The van der Waals surface area contributed by atoms with Crippen LogP contribution < -0.4 is 0 Å². The smallest absolute Gasteiger partial charge is 0.335 e. The van der Waals surface area contributed by atoms with Gasteiger partial charge in [0.05, 0.1) is 19.6 Å². The van der Waals surface area contributed by atoms with Crippen LogP contribution in [0.25, 0.3) is 0 Å². The molecule has 0 fully saturated rings. The molecule has 0 spiro atoms. The summed E-state index contributed by atoms with van der Waals surface area (Å²) < 4.78 is 10.4. The Morgan fingerprint density at radius 3 is 1.16 bits per heavy atom. The highest BCUT2D eigenvalue weighted by Crippen LogP contribution is 2.12. The van der Waals surface area contributed by atoms with Crippen LogP contribution in [-0.4, -0.2) is 36.4 Å². The second-order valence-electron chi connectivity index (χ2n) is 13.0. The minimum atomic E-state index is -1.44. The zero-order valence-corrected chi connectivity index (χ0v) is 29.9. The van der Waals surface area contributed by atoms with Crippen molar-refractivity contribution in [2.24, 2.45) is 0 Å². The molecule has 0 aromatic carbocycles. The number of aliphatic hydroxyl groups is 1. The van der Waals surface area contributed by atoms with Crippen LogP contribution in [0.1, 0.15) is 200 Å². The van der Waals surface area contributed by atoms with Gasteiger partial charge in [0.15, 0.2) is 6.10 Å². The zero-order valence-electron chi connectivity index (χ0n) is 29.9. The second-order valence-corrected chi connectivity index (χ2v) is 13.0. The monoisotopic (exact) mass is 635 g/mol. The van der Waals surface area contributed by atoms with Crippen LogP contribution in [-0.2, 0) is 19.1 Å². The van der Waals surface area contributed by atoms with Crippen molar-refractivity contribution in [3.05, 3.63) is 24.3 Å². The lowest BCUT2D eigenvalue weighted by Gasteiger charge is -2.11. The predicted octanol–water partition coefficient (Wildman–Crippen LogP) is 11.9. The van der Waals surface area contributed by atoms with Crippen molar-refractivity contribution in [3.8, 4) is 0 Å². The van der Waals surface area contributed by atoms with Crippen molar-refractivity contribution in [1.82, 2.24) is 0 Å². The Balaban J connectivity index is 3.45. The van der Waals surface area contributed by atoms with Crippen LogP contribution in [0.15, 0.2) is 24.3 Å². The number of rotatable bonds is 35. The Labute approximate surface area is 279 Å². The minimum Gasteiger partial charge on any atom is -0.466 e. The maximum atomic E-state index is 12.0. The molecule has 0 aromatic heterocycles. The lowest BCUT2D eigenvalue weighted by atomic mass is 10.1. The summed E-state index contributed by atoms with van der Waals surface area (Å²) in [6.07, 6.45) is 42.0. The van der Waals surface area contributed by atoms with Crippen molar-refractivity contribution in [2.45, 2.75) is 206 Å². The second kappa shape index (κ2) is 36.8. The van der Waals surface area contributed by atoms with Gasteiger partial charge in [-0.25, -0.2) is 4.79 Å². The number of aliphatic hydroxyl groups excluding tert-OH is 1. The Morgan fingerprint density at radius 2 is 0.778 bits per heavy atom. The first kappa shape index (κ1) is 43.4. The molecular formula is C40H74O5. The molecule has 0 aliphatic carbocycles. The summed E-state index contributed by atoms with van der Waals surface area (Å²) in [6, 6.07) is 0. The summed E-state index contributed by atoms with van der Waals surface area (Å²) in [4.78, 5) is 23.9. The molecule has 5 heteroatoms. The van der Waals surface area contributed by atoms with Crippen LogP contribution in [0.3, 0.4) is 0 Å². The van der Waals surface area contributed by atoms with Crippen molar-refractivity contribution >= 4 is 11.9 Å². The molecule has 1 N–H and O–H groups in total. The summed E-state index contributed by atoms with van der Waals surface area (Å²) in [5.74, 6) is -1.26. The number of hydrogen-bond acceptors (Lipinski definition) is 5. The Bertz CT molecular complexity index is 686. The van der Waals surface area contributed by atoms with E-state index in [2.05, 4.69) is 38.2 Å². The third-order valence-corrected chi connectivity index (χ3v) is 8.45. The normalized spacial score (nSPS) is 12.3. The van der Waals surface area contributed by atoms with Gasteiger partial charge in [0.2, 0.25) is 0 Å². The number of unbranched alkanes of at least 4 members (excludes halogenated alkanes) is 24. The number of esters is 2. The maximum Gasteiger partial charge on any atom is 0.335 e. The molecule has 0 radical (unpaired) electrons. The standard InChI is InChI=1S/C40H74O5/c1-3-5-7-9-11-13-15-17-19-21-23-25-27-29-31-33-35-44-39(42)37-38(41)40(43)45-36-34-32-30-28-26-24-22-20-18-16-14-12-10-8-6-4-2/h17-20,38,41H,3-16,21-37H2,1-2H3/b19-17+,20-18+/t38-/m0/s1. The van der Waals surface area contributed by atoms with Gasteiger partial charge < -0.3 is 14.6 Å². The number of allylic oxidation sites excluding steroid dienone is 4. The van der Waals surface area contributed by atoms with Crippen LogP contribution in [0.4, 0.5) is 0 Å². The van der Waals surface area contributed by atoms with Gasteiger partial charge in [-0.15, -0.1) is 0 Å². The van der Waals surface area contributed by atoms with E-state index in [4.69, 9.17) is 9.47 Å². The summed E-state index contributed by atoms with van der Waals surface area (Å²) >= 11 is 0. The molecule has 0 aromatic rings. The fourth-order valence-electron chi connectivity index (χ4n) is 5.45. The molecule has 0 aliphatic rings. The summed E-state index contributed by atoms with van der Waals surface area (Å²) in [7, 11) is 0. The van der Waals surface area contributed by atoms with Crippen LogP contribution in [0.2, 0.25) is 0 Å². The number of ether oxygens (including phenoxy) is 2. The fraction of sp³-hybridized carbons (Fsp3) is 0.850. The number of carbonyl (C=O) groups excluding carboxylic acids is 2. The highest BCUT2D eigenvalue weighted by molar-refractivity contribution is 5.81. The largest absolute Gasteiger partial charge is 0.466 e. The number of carbonyl (C=O) groups is 2. The van der Waals surface area contributed by atoms with Gasteiger partial charge in [0.25, 0.3) is 0 Å². The van der Waals surface area contributed by atoms with E-state index in [0.717, 1.165) is 38.5 Å². The van der Waals surface area contributed by atoms with E-state index in [0.29, 0.717) is 13.2 Å². The third kappa shape index (κ3) is 35.1. The van der Waals surface area contributed by atoms with E-state index in [1.807, 2.05) is 0 Å². The van der Waals surface area contributed by atoms with Gasteiger partial charge in [0, 0.05) is 0 Å². The van der Waals surface area contributed by atoms with E-state index in [-0.39, 0.29) is 6.42 Å². The average Bonchev–Trinajstić information content (AvgIpc) is 3.03. The topological polar surface area (TPSA) is 72.8 Å². The minimum absolute atomic E-state index is 0.293. The molecule has 0 bridgehead atoms. The average molecular weight is 635 g/mol.